The summed E-state index contributed by atoms with van der Waals surface area (Å²) in [6.45, 7) is 5.91. The largest absolute Gasteiger partial charge is 0.478 e. The Bertz CT molecular complexity index is 238. The molecule has 0 saturated carbocycles. The van der Waals surface area contributed by atoms with Crippen LogP contribution in [0.2, 0.25) is 0 Å². The lowest BCUT2D eigenvalue weighted by Crippen LogP contribution is -1.91. The molecular weight excluding hydrogens is 156 g/mol. The number of furan rings is 1. The fraction of sp³-hybridized carbons (Fsp3) is 0.444. The number of hydrogen-bond acceptors (Lipinski definition) is 2. The highest BCUT2D eigenvalue weighted by Crippen LogP contribution is 2.07. The Hall–Kier alpha value is -1.25. The molecule has 1 rings (SSSR count). The van der Waals surface area contributed by atoms with Crippen LogP contribution in [0.3, 0.4) is 0 Å². The molecule has 0 aromatic carbocycles. The van der Waals surface area contributed by atoms with Gasteiger partial charge in [0.1, 0.15) is 12.0 Å². The predicted octanol–water partition coefficient (Wildman–Crippen LogP) is 2.57. The molecule has 1 N–H and O–H groups in total. The van der Waals surface area contributed by atoms with Crippen LogP contribution in [0, 0.1) is 0 Å². The SMILES string of the molecule is CC.CCc1cc(C(=O)O)co1. The van der Waals surface area contributed by atoms with Crippen LogP contribution in [0.4, 0.5) is 0 Å². The smallest absolute Gasteiger partial charge is 0.338 e. The average molecular weight is 170 g/mol. The quantitative estimate of drug-likeness (QED) is 0.742. The summed E-state index contributed by atoms with van der Waals surface area (Å²) in [6.07, 6.45) is 1.98. The first-order valence-electron chi connectivity index (χ1n) is 4.04. The topological polar surface area (TPSA) is 50.4 Å². The van der Waals surface area contributed by atoms with E-state index < -0.39 is 5.97 Å². The van der Waals surface area contributed by atoms with Gasteiger partial charge in [0.25, 0.3) is 0 Å². The van der Waals surface area contributed by atoms with E-state index in [4.69, 9.17) is 9.52 Å². The Morgan fingerprint density at radius 3 is 2.42 bits per heavy atom. The van der Waals surface area contributed by atoms with Crippen molar-refractivity contribution in [1.82, 2.24) is 0 Å². The molecule has 3 nitrogen and oxygen atoms in total. The van der Waals surface area contributed by atoms with Crippen LogP contribution in [0.1, 0.15) is 36.9 Å². The third kappa shape index (κ3) is 2.78. The molecule has 68 valence electrons. The van der Waals surface area contributed by atoms with E-state index in [1.807, 2.05) is 20.8 Å². The number of carboxylic acid groups (broad SMARTS) is 1. The highest BCUT2D eigenvalue weighted by Gasteiger charge is 2.05. The molecule has 0 atom stereocenters. The normalized spacial score (nSPS) is 8.58. The monoisotopic (exact) mass is 170 g/mol. The number of carboxylic acids is 1. The molecular formula is C9H14O3. The van der Waals surface area contributed by atoms with E-state index in [-0.39, 0.29) is 5.56 Å². The first kappa shape index (κ1) is 10.8. The fourth-order valence-corrected chi connectivity index (χ4v) is 0.678. The van der Waals surface area contributed by atoms with E-state index in [1.54, 1.807) is 0 Å². The van der Waals surface area contributed by atoms with Gasteiger partial charge in [-0.2, -0.15) is 0 Å². The van der Waals surface area contributed by atoms with Crippen LogP contribution < -0.4 is 0 Å². The Kier molecular flexibility index (Phi) is 4.84. The van der Waals surface area contributed by atoms with Gasteiger partial charge in [-0.3, -0.25) is 0 Å². The van der Waals surface area contributed by atoms with Crippen LogP contribution in [0.15, 0.2) is 16.7 Å². The van der Waals surface area contributed by atoms with Crippen molar-refractivity contribution in [2.75, 3.05) is 0 Å². The van der Waals surface area contributed by atoms with E-state index in [1.165, 1.54) is 12.3 Å². The maximum atomic E-state index is 10.3. The zero-order valence-electron chi connectivity index (χ0n) is 7.63. The van der Waals surface area contributed by atoms with E-state index in [0.29, 0.717) is 5.76 Å². The lowest BCUT2D eigenvalue weighted by molar-refractivity contribution is 0.0696. The maximum absolute atomic E-state index is 10.3. The summed E-state index contributed by atoms with van der Waals surface area (Å²) in [6, 6.07) is 1.53. The maximum Gasteiger partial charge on any atom is 0.338 e. The third-order valence-electron chi connectivity index (χ3n) is 1.25. The summed E-state index contributed by atoms with van der Waals surface area (Å²) in [4.78, 5) is 10.3. The van der Waals surface area contributed by atoms with E-state index in [9.17, 15) is 4.79 Å². The highest BCUT2D eigenvalue weighted by molar-refractivity contribution is 5.87. The van der Waals surface area contributed by atoms with Crippen molar-refractivity contribution in [3.05, 3.63) is 23.7 Å². The standard InChI is InChI=1S/C7H8O3.C2H6/c1-2-6-3-5(4-10-6)7(8)9;1-2/h3-4H,2H2,1H3,(H,8,9);1-2H3. The van der Waals surface area contributed by atoms with Crippen LogP contribution in [0.5, 0.6) is 0 Å². The first-order chi connectivity index (χ1) is 5.74. The molecule has 12 heavy (non-hydrogen) atoms. The molecule has 1 aromatic rings. The van der Waals surface area contributed by atoms with Crippen LogP contribution in [-0.4, -0.2) is 11.1 Å². The number of carbonyl (C=O) groups is 1. The second kappa shape index (κ2) is 5.41. The second-order valence-electron chi connectivity index (χ2n) is 1.96. The van der Waals surface area contributed by atoms with Crippen molar-refractivity contribution in [2.45, 2.75) is 27.2 Å². The van der Waals surface area contributed by atoms with Gasteiger partial charge < -0.3 is 9.52 Å². The van der Waals surface area contributed by atoms with Gasteiger partial charge in [0.05, 0.1) is 5.56 Å². The van der Waals surface area contributed by atoms with Crippen molar-refractivity contribution in [1.29, 1.82) is 0 Å². The molecule has 1 heterocycles. The molecule has 1 aromatic heterocycles. The molecule has 0 bridgehead atoms. The number of aromatic carboxylic acids is 1. The van der Waals surface area contributed by atoms with Gasteiger partial charge in [-0.25, -0.2) is 4.79 Å². The molecule has 0 aliphatic rings. The van der Waals surface area contributed by atoms with Crippen LogP contribution in [0.25, 0.3) is 0 Å². The zero-order valence-corrected chi connectivity index (χ0v) is 7.63. The van der Waals surface area contributed by atoms with E-state index >= 15 is 0 Å². The lowest BCUT2D eigenvalue weighted by atomic mass is 10.3. The fourth-order valence-electron chi connectivity index (χ4n) is 0.678. The van der Waals surface area contributed by atoms with Crippen LogP contribution >= 0.6 is 0 Å². The minimum Gasteiger partial charge on any atom is -0.478 e. The second-order valence-corrected chi connectivity index (χ2v) is 1.96. The molecule has 0 spiro atoms. The predicted molar refractivity (Wildman–Crippen MR) is 46.4 cm³/mol. The molecule has 0 aliphatic heterocycles. The van der Waals surface area contributed by atoms with E-state index in [0.717, 1.165) is 6.42 Å². The minimum atomic E-state index is -0.941. The van der Waals surface area contributed by atoms with Crippen molar-refractivity contribution < 1.29 is 14.3 Å². The minimum absolute atomic E-state index is 0.219. The molecule has 0 aliphatic carbocycles. The Balaban J connectivity index is 0.000000561. The number of rotatable bonds is 2. The van der Waals surface area contributed by atoms with E-state index in [2.05, 4.69) is 0 Å². The van der Waals surface area contributed by atoms with Crippen molar-refractivity contribution in [2.24, 2.45) is 0 Å². The van der Waals surface area contributed by atoms with Crippen molar-refractivity contribution >= 4 is 5.97 Å². The number of hydrogen-bond donors (Lipinski definition) is 1. The molecule has 0 fully saturated rings. The van der Waals surface area contributed by atoms with Gasteiger partial charge >= 0.3 is 5.97 Å². The zero-order chi connectivity index (χ0) is 9.56. The van der Waals surface area contributed by atoms with Gasteiger partial charge in [-0.15, -0.1) is 0 Å². The van der Waals surface area contributed by atoms with Gasteiger partial charge in [-0.1, -0.05) is 20.8 Å². The summed E-state index contributed by atoms with van der Waals surface area (Å²) in [5.74, 6) is -0.235. The van der Waals surface area contributed by atoms with Gasteiger partial charge in [0.15, 0.2) is 0 Å². The summed E-state index contributed by atoms with van der Waals surface area (Å²) in [7, 11) is 0. The van der Waals surface area contributed by atoms with Gasteiger partial charge in [-0.05, 0) is 6.07 Å². The highest BCUT2D eigenvalue weighted by atomic mass is 16.4. The number of aryl methyl sites for hydroxylation is 1. The molecule has 0 unspecified atom stereocenters. The Labute approximate surface area is 72.0 Å². The Morgan fingerprint density at radius 2 is 2.17 bits per heavy atom. The molecule has 0 amide bonds. The Morgan fingerprint density at radius 1 is 1.58 bits per heavy atom. The summed E-state index contributed by atoms with van der Waals surface area (Å²) < 4.78 is 4.89. The van der Waals surface area contributed by atoms with Crippen molar-refractivity contribution in [3.8, 4) is 0 Å². The first-order valence-corrected chi connectivity index (χ1v) is 4.04. The lowest BCUT2D eigenvalue weighted by Gasteiger charge is -1.80. The summed E-state index contributed by atoms with van der Waals surface area (Å²) in [5, 5.41) is 8.43. The summed E-state index contributed by atoms with van der Waals surface area (Å²) in [5.41, 5.74) is 0.219. The molecule has 0 radical (unpaired) electrons. The molecule has 3 heteroatoms. The van der Waals surface area contributed by atoms with Gasteiger partial charge in [0, 0.05) is 6.42 Å². The average Bonchev–Trinajstić information content (AvgIpc) is 2.55. The summed E-state index contributed by atoms with van der Waals surface area (Å²) >= 11 is 0. The molecule has 0 saturated heterocycles. The van der Waals surface area contributed by atoms with Crippen LogP contribution in [-0.2, 0) is 6.42 Å². The van der Waals surface area contributed by atoms with Crippen molar-refractivity contribution in [3.63, 3.8) is 0 Å². The third-order valence-corrected chi connectivity index (χ3v) is 1.25. The van der Waals surface area contributed by atoms with Gasteiger partial charge in [0.2, 0.25) is 0 Å².